The number of pyridine rings is 1. The fraction of sp³-hybridized carbons (Fsp3) is 0.700. The average molecular weight is 347 g/mol. The molecule has 4 aliphatic rings. The lowest BCUT2D eigenvalue weighted by Crippen LogP contribution is -2.55. The van der Waals surface area contributed by atoms with Gasteiger partial charge in [0.05, 0.1) is 5.56 Å². The molecule has 1 amide bonds. The fourth-order valence-corrected chi connectivity index (χ4v) is 7.26. The van der Waals surface area contributed by atoms with Crippen LogP contribution in [0.1, 0.15) is 69.2 Å². The lowest BCUT2D eigenvalue weighted by atomic mass is 9.40. The number of nitrogens with zero attached hydrogens (tertiary/aromatic N) is 1. The molecule has 4 aliphatic carbocycles. The Kier molecular flexibility index (Phi) is 3.72. The SMILES string of the molecule is CC12CC3CC(C)(C1)CC(CCNC(=O)c1cccnc1Cl)(C3)C2. The van der Waals surface area contributed by atoms with Crippen LogP contribution in [0.5, 0.6) is 0 Å². The molecular weight excluding hydrogens is 320 g/mol. The zero-order valence-electron chi connectivity index (χ0n) is 14.7. The van der Waals surface area contributed by atoms with Crippen molar-refractivity contribution in [2.75, 3.05) is 6.54 Å². The first-order valence-corrected chi connectivity index (χ1v) is 9.57. The van der Waals surface area contributed by atoms with Gasteiger partial charge in [0.25, 0.3) is 5.91 Å². The van der Waals surface area contributed by atoms with Crippen LogP contribution < -0.4 is 5.32 Å². The van der Waals surface area contributed by atoms with Gasteiger partial charge in [-0.25, -0.2) is 4.98 Å². The Morgan fingerprint density at radius 1 is 1.25 bits per heavy atom. The maximum absolute atomic E-state index is 12.3. The van der Waals surface area contributed by atoms with Crippen molar-refractivity contribution in [2.24, 2.45) is 22.2 Å². The summed E-state index contributed by atoms with van der Waals surface area (Å²) in [6.07, 6.45) is 11.0. The van der Waals surface area contributed by atoms with Crippen LogP contribution in [-0.2, 0) is 0 Å². The molecule has 24 heavy (non-hydrogen) atoms. The molecule has 4 bridgehead atoms. The Hall–Kier alpha value is -1.09. The summed E-state index contributed by atoms with van der Waals surface area (Å²) in [6, 6.07) is 3.49. The molecule has 1 N–H and O–H groups in total. The molecule has 3 nitrogen and oxygen atoms in total. The van der Waals surface area contributed by atoms with Crippen molar-refractivity contribution in [2.45, 2.75) is 58.8 Å². The highest BCUT2D eigenvalue weighted by Crippen LogP contribution is 2.70. The highest BCUT2D eigenvalue weighted by atomic mass is 35.5. The maximum Gasteiger partial charge on any atom is 0.254 e. The van der Waals surface area contributed by atoms with E-state index in [0.717, 1.165) is 18.9 Å². The smallest absolute Gasteiger partial charge is 0.254 e. The highest BCUT2D eigenvalue weighted by molar-refractivity contribution is 6.32. The van der Waals surface area contributed by atoms with Crippen molar-refractivity contribution in [1.29, 1.82) is 0 Å². The molecule has 5 rings (SSSR count). The van der Waals surface area contributed by atoms with E-state index in [1.165, 1.54) is 38.5 Å². The molecule has 0 saturated heterocycles. The summed E-state index contributed by atoms with van der Waals surface area (Å²) < 4.78 is 0. The molecule has 4 saturated carbocycles. The zero-order chi connectivity index (χ0) is 17.0. The first kappa shape index (κ1) is 16.4. The fourth-order valence-electron chi connectivity index (χ4n) is 7.05. The number of rotatable bonds is 4. The number of hydrogen-bond donors (Lipinski definition) is 1. The molecule has 0 spiro atoms. The van der Waals surface area contributed by atoms with E-state index in [1.54, 1.807) is 18.3 Å². The van der Waals surface area contributed by atoms with E-state index in [0.29, 0.717) is 21.8 Å². The van der Waals surface area contributed by atoms with E-state index < -0.39 is 0 Å². The van der Waals surface area contributed by atoms with Crippen molar-refractivity contribution in [3.8, 4) is 0 Å². The van der Waals surface area contributed by atoms with Gasteiger partial charge < -0.3 is 5.32 Å². The molecule has 4 heteroatoms. The Bertz CT molecular complexity index is 655. The lowest BCUT2D eigenvalue weighted by molar-refractivity contribution is -0.146. The molecule has 2 unspecified atom stereocenters. The van der Waals surface area contributed by atoms with Gasteiger partial charge in [0, 0.05) is 12.7 Å². The molecular formula is C20H27ClN2O. The monoisotopic (exact) mass is 346 g/mol. The Balaban J connectivity index is 1.41. The number of nitrogens with one attached hydrogen (secondary N) is 1. The van der Waals surface area contributed by atoms with Crippen LogP contribution in [0, 0.1) is 22.2 Å². The third kappa shape index (κ3) is 2.85. The van der Waals surface area contributed by atoms with Gasteiger partial charge in [-0.1, -0.05) is 25.4 Å². The maximum atomic E-state index is 12.3. The van der Waals surface area contributed by atoms with Gasteiger partial charge in [-0.05, 0) is 79.2 Å². The lowest BCUT2D eigenvalue weighted by Gasteiger charge is -2.65. The molecule has 1 aromatic rings. The van der Waals surface area contributed by atoms with Crippen LogP contribution in [0.4, 0.5) is 0 Å². The van der Waals surface area contributed by atoms with Gasteiger partial charge in [-0.3, -0.25) is 4.79 Å². The van der Waals surface area contributed by atoms with Crippen molar-refractivity contribution < 1.29 is 4.79 Å². The molecule has 0 radical (unpaired) electrons. The molecule has 4 fully saturated rings. The van der Waals surface area contributed by atoms with Crippen molar-refractivity contribution >= 4 is 17.5 Å². The van der Waals surface area contributed by atoms with Gasteiger partial charge in [0.2, 0.25) is 0 Å². The molecule has 2 atom stereocenters. The van der Waals surface area contributed by atoms with E-state index >= 15 is 0 Å². The van der Waals surface area contributed by atoms with Gasteiger partial charge >= 0.3 is 0 Å². The standard InChI is InChI=1S/C20H27ClN2O/c1-18-8-14-9-19(2,11-18)13-20(10-14,12-18)5-7-23-17(24)15-4-3-6-22-16(15)21/h3-4,6,14H,5,7-13H2,1-2H3,(H,23,24). The summed E-state index contributed by atoms with van der Waals surface area (Å²) in [5.41, 5.74) is 1.98. The summed E-state index contributed by atoms with van der Waals surface area (Å²) >= 11 is 6.02. The molecule has 0 aromatic carbocycles. The summed E-state index contributed by atoms with van der Waals surface area (Å²) in [4.78, 5) is 16.3. The second-order valence-electron chi connectivity index (χ2n) is 9.48. The van der Waals surface area contributed by atoms with E-state index in [-0.39, 0.29) is 11.1 Å². The van der Waals surface area contributed by atoms with E-state index in [9.17, 15) is 4.79 Å². The third-order valence-electron chi connectivity index (χ3n) is 6.69. The quantitative estimate of drug-likeness (QED) is 0.792. The first-order chi connectivity index (χ1) is 11.3. The number of amides is 1. The van der Waals surface area contributed by atoms with Crippen LogP contribution in [0.15, 0.2) is 18.3 Å². The topological polar surface area (TPSA) is 42.0 Å². The summed E-state index contributed by atoms with van der Waals surface area (Å²) in [5, 5.41) is 3.36. The minimum atomic E-state index is -0.102. The molecule has 1 aromatic heterocycles. The van der Waals surface area contributed by atoms with Crippen LogP contribution >= 0.6 is 11.6 Å². The van der Waals surface area contributed by atoms with Crippen LogP contribution in [0.3, 0.4) is 0 Å². The summed E-state index contributed by atoms with van der Waals surface area (Å²) in [5.74, 6) is 0.801. The molecule has 130 valence electrons. The van der Waals surface area contributed by atoms with Gasteiger partial charge in [0.15, 0.2) is 0 Å². The van der Waals surface area contributed by atoms with Crippen LogP contribution in [0.2, 0.25) is 5.15 Å². The minimum absolute atomic E-state index is 0.102. The highest BCUT2D eigenvalue weighted by Gasteiger charge is 2.59. The minimum Gasteiger partial charge on any atom is -0.352 e. The molecule has 1 heterocycles. The number of aromatic nitrogens is 1. The first-order valence-electron chi connectivity index (χ1n) is 9.19. The zero-order valence-corrected chi connectivity index (χ0v) is 15.5. The van der Waals surface area contributed by atoms with E-state index in [1.807, 2.05) is 0 Å². The Labute approximate surface area is 149 Å². The second kappa shape index (κ2) is 5.45. The Morgan fingerprint density at radius 2 is 1.96 bits per heavy atom. The average Bonchev–Trinajstić information content (AvgIpc) is 2.43. The van der Waals surface area contributed by atoms with Crippen LogP contribution in [0.25, 0.3) is 0 Å². The third-order valence-corrected chi connectivity index (χ3v) is 6.99. The Morgan fingerprint density at radius 3 is 2.58 bits per heavy atom. The largest absolute Gasteiger partial charge is 0.352 e. The summed E-state index contributed by atoms with van der Waals surface area (Å²) in [6.45, 7) is 5.74. The van der Waals surface area contributed by atoms with Crippen molar-refractivity contribution in [1.82, 2.24) is 10.3 Å². The van der Waals surface area contributed by atoms with Gasteiger partial charge in [-0.2, -0.15) is 0 Å². The van der Waals surface area contributed by atoms with E-state index in [2.05, 4.69) is 24.1 Å². The number of hydrogen-bond acceptors (Lipinski definition) is 2. The predicted octanol–water partition coefficient (Wildman–Crippen LogP) is 4.85. The van der Waals surface area contributed by atoms with Gasteiger partial charge in [0.1, 0.15) is 5.15 Å². The predicted molar refractivity (Wildman–Crippen MR) is 96.0 cm³/mol. The number of halogens is 1. The summed E-state index contributed by atoms with van der Waals surface area (Å²) in [7, 11) is 0. The second-order valence-corrected chi connectivity index (χ2v) is 9.84. The molecule has 0 aliphatic heterocycles. The number of carbonyl (C=O) groups excluding carboxylic acids is 1. The van der Waals surface area contributed by atoms with Crippen molar-refractivity contribution in [3.63, 3.8) is 0 Å². The van der Waals surface area contributed by atoms with E-state index in [4.69, 9.17) is 11.6 Å². The number of carbonyl (C=O) groups is 1. The van der Waals surface area contributed by atoms with Gasteiger partial charge in [-0.15, -0.1) is 0 Å². The van der Waals surface area contributed by atoms with Crippen molar-refractivity contribution in [3.05, 3.63) is 29.0 Å². The van der Waals surface area contributed by atoms with Crippen LogP contribution in [-0.4, -0.2) is 17.4 Å². The normalized spacial score (nSPS) is 39.9.